The van der Waals surface area contributed by atoms with Gasteiger partial charge < -0.3 is 10.2 Å². The average Bonchev–Trinajstić information content (AvgIpc) is 3.13. The molecule has 2 heterocycles. The Hall–Kier alpha value is -2.43. The van der Waals surface area contributed by atoms with E-state index in [0.717, 1.165) is 48.6 Å². The summed E-state index contributed by atoms with van der Waals surface area (Å²) >= 11 is 0. The second kappa shape index (κ2) is 8.51. The summed E-state index contributed by atoms with van der Waals surface area (Å²) in [6, 6.07) is 8.12. The van der Waals surface area contributed by atoms with Crippen LogP contribution >= 0.6 is 0 Å². The Morgan fingerprint density at radius 3 is 2.26 bits per heavy atom. The molecule has 1 amide bonds. The molecule has 5 nitrogen and oxygen atoms in total. The van der Waals surface area contributed by atoms with E-state index in [1.54, 1.807) is 12.4 Å². The zero-order valence-corrected chi connectivity index (χ0v) is 15.9. The van der Waals surface area contributed by atoms with E-state index in [2.05, 4.69) is 20.2 Å². The molecule has 1 aromatic carbocycles. The Kier molecular flexibility index (Phi) is 5.66. The molecule has 27 heavy (non-hydrogen) atoms. The minimum absolute atomic E-state index is 0.0346. The van der Waals surface area contributed by atoms with Crippen molar-refractivity contribution in [3.8, 4) is 11.3 Å². The first kappa shape index (κ1) is 18.0. The largest absolute Gasteiger partial charge is 0.355 e. The van der Waals surface area contributed by atoms with Crippen LogP contribution in [0.3, 0.4) is 0 Å². The average molecular weight is 364 g/mol. The number of hydrogen-bond acceptors (Lipinski definition) is 4. The molecule has 1 aliphatic heterocycles. The van der Waals surface area contributed by atoms with Crippen molar-refractivity contribution in [2.75, 3.05) is 18.0 Å². The van der Waals surface area contributed by atoms with Crippen LogP contribution in [0.5, 0.6) is 0 Å². The Morgan fingerprint density at radius 1 is 0.889 bits per heavy atom. The van der Waals surface area contributed by atoms with Gasteiger partial charge in [0.15, 0.2) is 5.82 Å². The normalized spacial score (nSPS) is 18.3. The molecule has 0 spiro atoms. The third-order valence-corrected chi connectivity index (χ3v) is 5.70. The number of rotatable bonds is 4. The van der Waals surface area contributed by atoms with Gasteiger partial charge in [-0.25, -0.2) is 4.98 Å². The van der Waals surface area contributed by atoms with Crippen LogP contribution in [0.2, 0.25) is 0 Å². The second-order valence-corrected chi connectivity index (χ2v) is 7.66. The fraction of sp³-hybridized carbons (Fsp3) is 0.500. The van der Waals surface area contributed by atoms with Crippen molar-refractivity contribution >= 4 is 11.7 Å². The summed E-state index contributed by atoms with van der Waals surface area (Å²) in [6.07, 6.45) is 13.1. The van der Waals surface area contributed by atoms with Crippen molar-refractivity contribution in [1.29, 1.82) is 0 Å². The van der Waals surface area contributed by atoms with Gasteiger partial charge >= 0.3 is 0 Å². The number of carbonyl (C=O) groups excluding carboxylic acids is 1. The van der Waals surface area contributed by atoms with E-state index in [1.165, 1.54) is 38.5 Å². The molecule has 2 aliphatic rings. The summed E-state index contributed by atoms with van der Waals surface area (Å²) in [5.74, 6) is 0.984. The fourth-order valence-electron chi connectivity index (χ4n) is 4.17. The first-order valence-electron chi connectivity index (χ1n) is 10.3. The topological polar surface area (TPSA) is 58.1 Å². The number of benzene rings is 1. The van der Waals surface area contributed by atoms with Gasteiger partial charge in [-0.2, -0.15) is 0 Å². The number of amides is 1. The third-order valence-electron chi connectivity index (χ3n) is 5.70. The summed E-state index contributed by atoms with van der Waals surface area (Å²) in [5, 5.41) is 3.22. The van der Waals surface area contributed by atoms with Gasteiger partial charge in [-0.05, 0) is 37.8 Å². The van der Waals surface area contributed by atoms with E-state index in [1.807, 2.05) is 24.3 Å². The van der Waals surface area contributed by atoms with Crippen molar-refractivity contribution in [3.05, 3.63) is 42.2 Å². The molecular weight excluding hydrogens is 336 g/mol. The zero-order chi connectivity index (χ0) is 18.5. The van der Waals surface area contributed by atoms with E-state index in [-0.39, 0.29) is 5.91 Å². The van der Waals surface area contributed by atoms with Crippen LogP contribution in [0.4, 0.5) is 5.82 Å². The highest BCUT2D eigenvalue weighted by molar-refractivity contribution is 5.95. The highest BCUT2D eigenvalue weighted by atomic mass is 16.1. The molecule has 4 rings (SSSR count). The standard InChI is InChI=1S/C22H28N4O/c27-22(25-19-7-3-1-2-4-8-19)18-11-9-17(10-12-18)20-21(24-14-13-23-20)26-15-5-6-16-26/h9-14,19H,1-8,15-16H2,(H,25,27). The molecule has 0 unspecified atom stereocenters. The minimum atomic E-state index is 0.0346. The van der Waals surface area contributed by atoms with Crippen LogP contribution < -0.4 is 10.2 Å². The van der Waals surface area contributed by atoms with Gasteiger partial charge in [0.05, 0.1) is 0 Å². The van der Waals surface area contributed by atoms with Gasteiger partial charge in [-0.15, -0.1) is 0 Å². The first-order chi connectivity index (χ1) is 13.3. The molecule has 2 aromatic rings. The van der Waals surface area contributed by atoms with Crippen molar-refractivity contribution in [2.24, 2.45) is 0 Å². The van der Waals surface area contributed by atoms with Crippen LogP contribution in [0.15, 0.2) is 36.7 Å². The van der Waals surface area contributed by atoms with Crippen molar-refractivity contribution in [2.45, 2.75) is 57.4 Å². The maximum absolute atomic E-state index is 12.6. The number of carbonyl (C=O) groups is 1. The smallest absolute Gasteiger partial charge is 0.251 e. The van der Waals surface area contributed by atoms with Crippen molar-refractivity contribution in [3.63, 3.8) is 0 Å². The van der Waals surface area contributed by atoms with Crippen LogP contribution in [0, 0.1) is 0 Å². The molecule has 0 atom stereocenters. The molecule has 0 radical (unpaired) electrons. The van der Waals surface area contributed by atoms with Crippen LogP contribution in [-0.2, 0) is 0 Å². The zero-order valence-electron chi connectivity index (χ0n) is 15.9. The van der Waals surface area contributed by atoms with Gasteiger partial charge in [0.2, 0.25) is 0 Å². The molecule has 1 aliphatic carbocycles. The van der Waals surface area contributed by atoms with Gasteiger partial charge in [0, 0.05) is 42.7 Å². The van der Waals surface area contributed by atoms with Crippen molar-refractivity contribution in [1.82, 2.24) is 15.3 Å². The Balaban J connectivity index is 1.48. The molecular formula is C22H28N4O. The minimum Gasteiger partial charge on any atom is -0.355 e. The lowest BCUT2D eigenvalue weighted by atomic mass is 10.1. The van der Waals surface area contributed by atoms with Crippen LogP contribution in [-0.4, -0.2) is 35.0 Å². The highest BCUT2D eigenvalue weighted by Crippen LogP contribution is 2.29. The summed E-state index contributed by atoms with van der Waals surface area (Å²) < 4.78 is 0. The van der Waals surface area contributed by atoms with Crippen LogP contribution in [0.25, 0.3) is 11.3 Å². The Morgan fingerprint density at radius 2 is 1.56 bits per heavy atom. The van der Waals surface area contributed by atoms with E-state index >= 15 is 0 Å². The Labute approximate surface area is 161 Å². The number of hydrogen-bond donors (Lipinski definition) is 1. The van der Waals surface area contributed by atoms with E-state index in [0.29, 0.717) is 6.04 Å². The summed E-state index contributed by atoms with van der Waals surface area (Å²) in [4.78, 5) is 24.0. The molecule has 1 aromatic heterocycles. The molecule has 1 saturated carbocycles. The predicted molar refractivity (Wildman–Crippen MR) is 108 cm³/mol. The SMILES string of the molecule is O=C(NC1CCCCCC1)c1ccc(-c2nccnc2N2CCCC2)cc1. The lowest BCUT2D eigenvalue weighted by molar-refractivity contribution is 0.0933. The van der Waals surface area contributed by atoms with Gasteiger partial charge in [0.1, 0.15) is 5.69 Å². The number of nitrogens with one attached hydrogen (secondary N) is 1. The lowest BCUT2D eigenvalue weighted by Crippen LogP contribution is -2.34. The maximum Gasteiger partial charge on any atom is 0.251 e. The fourth-order valence-corrected chi connectivity index (χ4v) is 4.17. The Bertz CT molecular complexity index is 760. The maximum atomic E-state index is 12.6. The molecule has 142 valence electrons. The summed E-state index contributed by atoms with van der Waals surface area (Å²) in [6.45, 7) is 2.07. The number of nitrogens with zero attached hydrogens (tertiary/aromatic N) is 3. The molecule has 5 heteroatoms. The number of anilines is 1. The molecule has 0 bridgehead atoms. The first-order valence-corrected chi connectivity index (χ1v) is 10.3. The van der Waals surface area contributed by atoms with Gasteiger partial charge in [-0.1, -0.05) is 37.8 Å². The summed E-state index contributed by atoms with van der Waals surface area (Å²) in [7, 11) is 0. The van der Waals surface area contributed by atoms with Gasteiger partial charge in [0.25, 0.3) is 5.91 Å². The van der Waals surface area contributed by atoms with Crippen molar-refractivity contribution < 1.29 is 4.79 Å². The van der Waals surface area contributed by atoms with E-state index in [9.17, 15) is 4.79 Å². The third kappa shape index (κ3) is 4.29. The highest BCUT2D eigenvalue weighted by Gasteiger charge is 2.19. The lowest BCUT2D eigenvalue weighted by Gasteiger charge is -2.19. The van der Waals surface area contributed by atoms with Gasteiger partial charge in [-0.3, -0.25) is 9.78 Å². The molecule has 1 saturated heterocycles. The molecule has 2 fully saturated rings. The van der Waals surface area contributed by atoms with E-state index in [4.69, 9.17) is 0 Å². The molecule has 1 N–H and O–H groups in total. The van der Waals surface area contributed by atoms with E-state index < -0.39 is 0 Å². The summed E-state index contributed by atoms with van der Waals surface area (Å²) in [5.41, 5.74) is 2.63. The predicted octanol–water partition coefficient (Wildman–Crippen LogP) is 4.20. The monoisotopic (exact) mass is 364 g/mol. The van der Waals surface area contributed by atoms with Crippen LogP contribution in [0.1, 0.15) is 61.7 Å². The quantitative estimate of drug-likeness (QED) is 0.826. The second-order valence-electron chi connectivity index (χ2n) is 7.66. The number of aromatic nitrogens is 2.